The van der Waals surface area contributed by atoms with E-state index in [0.29, 0.717) is 18.2 Å². The van der Waals surface area contributed by atoms with Crippen molar-refractivity contribution in [2.24, 2.45) is 5.92 Å². The van der Waals surface area contributed by atoms with Gasteiger partial charge in [0.15, 0.2) is 0 Å². The molecule has 2 fully saturated rings. The molecule has 1 N–H and O–H groups in total. The van der Waals surface area contributed by atoms with Crippen LogP contribution in [0.3, 0.4) is 0 Å². The number of hydrogen-bond donors (Lipinski definition) is 1. The van der Waals surface area contributed by atoms with Gasteiger partial charge in [-0.3, -0.25) is 9.69 Å². The van der Waals surface area contributed by atoms with Gasteiger partial charge in [0.25, 0.3) is 0 Å². The predicted octanol–water partition coefficient (Wildman–Crippen LogP) is 6.81. The van der Waals surface area contributed by atoms with Crippen molar-refractivity contribution in [2.75, 3.05) is 39.3 Å². The third-order valence-corrected chi connectivity index (χ3v) is 8.88. The maximum Gasteiger partial charge on any atom is 0.222 e. The van der Waals surface area contributed by atoms with Gasteiger partial charge in [0.05, 0.1) is 6.04 Å². The van der Waals surface area contributed by atoms with E-state index in [1.165, 1.54) is 27.8 Å². The smallest absolute Gasteiger partial charge is 0.222 e. The van der Waals surface area contributed by atoms with Crippen molar-refractivity contribution in [1.82, 2.24) is 15.1 Å². The predicted molar refractivity (Wildman–Crippen MR) is 155 cm³/mol. The number of allylic oxidation sites excluding steroid dienone is 5. The number of halogens is 2. The minimum absolute atomic E-state index is 0.212. The van der Waals surface area contributed by atoms with Gasteiger partial charge in [-0.25, -0.2) is 0 Å². The Balaban J connectivity index is 1.54. The molecule has 1 amide bonds. The van der Waals surface area contributed by atoms with Crippen LogP contribution in [0.25, 0.3) is 0 Å². The van der Waals surface area contributed by atoms with Crippen LogP contribution < -0.4 is 5.32 Å². The molecule has 196 valence electrons. The lowest BCUT2D eigenvalue weighted by atomic mass is 9.92. The number of benzene rings is 1. The fraction of sp³-hybridized carbons (Fsp3) is 0.567. The number of aryl methyl sites for hydroxylation is 1. The third kappa shape index (κ3) is 6.92. The van der Waals surface area contributed by atoms with Gasteiger partial charge < -0.3 is 10.2 Å². The highest BCUT2D eigenvalue weighted by atomic mass is 79.9. The van der Waals surface area contributed by atoms with Crippen molar-refractivity contribution in [2.45, 2.75) is 65.3 Å². The van der Waals surface area contributed by atoms with E-state index < -0.39 is 0 Å². The summed E-state index contributed by atoms with van der Waals surface area (Å²) in [4.78, 5) is 17.7. The van der Waals surface area contributed by atoms with Crippen LogP contribution in [0.5, 0.6) is 0 Å². The lowest BCUT2D eigenvalue weighted by molar-refractivity contribution is -0.134. The highest BCUT2D eigenvalue weighted by molar-refractivity contribution is 9.11. The Kier molecular flexibility index (Phi) is 9.91. The van der Waals surface area contributed by atoms with Crippen LogP contribution in [0.1, 0.15) is 70.0 Å². The minimum atomic E-state index is 0.212. The Morgan fingerprint density at radius 3 is 2.58 bits per heavy atom. The number of amides is 1. The van der Waals surface area contributed by atoms with E-state index in [4.69, 9.17) is 11.6 Å². The minimum Gasteiger partial charge on any atom is -0.340 e. The molecule has 6 heteroatoms. The lowest BCUT2D eigenvalue weighted by Gasteiger charge is -2.41. The third-order valence-electron chi connectivity index (χ3n) is 8.19. The van der Waals surface area contributed by atoms with Gasteiger partial charge in [0.2, 0.25) is 5.91 Å². The molecule has 4 nitrogen and oxygen atoms in total. The average Bonchev–Trinajstić information content (AvgIpc) is 3.00. The van der Waals surface area contributed by atoms with Crippen molar-refractivity contribution >= 4 is 33.4 Å². The van der Waals surface area contributed by atoms with Gasteiger partial charge in [-0.2, -0.15) is 0 Å². The summed E-state index contributed by atoms with van der Waals surface area (Å²) in [7, 11) is 0. The first-order valence-corrected chi connectivity index (χ1v) is 14.8. The number of hydrogen-bond acceptors (Lipinski definition) is 3. The molecule has 0 bridgehead atoms. The molecule has 1 aromatic rings. The molecular weight excluding hydrogens is 534 g/mol. The van der Waals surface area contributed by atoms with Crippen LogP contribution >= 0.6 is 27.5 Å². The zero-order valence-corrected chi connectivity index (χ0v) is 24.4. The van der Waals surface area contributed by atoms with E-state index in [1.54, 1.807) is 0 Å². The number of carbonyl (C=O) groups excluding carboxylic acids is 1. The number of fused-ring (bicyclic) bond motifs is 1. The Morgan fingerprint density at radius 1 is 1.17 bits per heavy atom. The quantitative estimate of drug-likeness (QED) is 0.379. The Bertz CT molecular complexity index is 1030. The highest BCUT2D eigenvalue weighted by Crippen LogP contribution is 2.39. The number of carbonyl (C=O) groups is 1. The molecule has 2 aliphatic heterocycles. The fourth-order valence-electron chi connectivity index (χ4n) is 5.83. The van der Waals surface area contributed by atoms with Crippen molar-refractivity contribution in [1.29, 1.82) is 0 Å². The molecule has 0 saturated carbocycles. The molecule has 0 spiro atoms. The van der Waals surface area contributed by atoms with Crippen LogP contribution in [-0.4, -0.2) is 55.0 Å². The van der Waals surface area contributed by atoms with Gasteiger partial charge in [0.1, 0.15) is 0 Å². The Morgan fingerprint density at radius 2 is 1.89 bits per heavy atom. The van der Waals surface area contributed by atoms with Crippen LogP contribution in [0.4, 0.5) is 0 Å². The molecule has 2 heterocycles. The second-order valence-electron chi connectivity index (χ2n) is 10.6. The van der Waals surface area contributed by atoms with Gasteiger partial charge >= 0.3 is 0 Å². The molecule has 1 aromatic carbocycles. The average molecular weight is 575 g/mol. The van der Waals surface area contributed by atoms with Crippen LogP contribution in [0.2, 0.25) is 5.02 Å². The molecule has 1 unspecified atom stereocenters. The van der Waals surface area contributed by atoms with Crippen LogP contribution in [-0.2, 0) is 11.2 Å². The summed E-state index contributed by atoms with van der Waals surface area (Å²) in [5.41, 5.74) is 6.87. The van der Waals surface area contributed by atoms with Gasteiger partial charge in [-0.15, -0.1) is 0 Å². The topological polar surface area (TPSA) is 35.6 Å². The van der Waals surface area contributed by atoms with Gasteiger partial charge in [-0.05, 0) is 112 Å². The Hall–Kier alpha value is -1.40. The second-order valence-corrected chi connectivity index (χ2v) is 12.0. The molecule has 3 aliphatic rings. The fourth-order valence-corrected chi connectivity index (χ4v) is 6.69. The summed E-state index contributed by atoms with van der Waals surface area (Å²) in [5, 5.41) is 4.21. The first-order valence-electron chi connectivity index (χ1n) is 13.6. The van der Waals surface area contributed by atoms with Gasteiger partial charge in [0, 0.05) is 42.1 Å². The molecule has 4 rings (SSSR count). The molecule has 36 heavy (non-hydrogen) atoms. The zero-order chi connectivity index (χ0) is 25.7. The van der Waals surface area contributed by atoms with Crippen molar-refractivity contribution < 1.29 is 4.79 Å². The monoisotopic (exact) mass is 573 g/mol. The van der Waals surface area contributed by atoms with Gasteiger partial charge in [-0.1, -0.05) is 46.1 Å². The molecule has 1 aliphatic carbocycles. The summed E-state index contributed by atoms with van der Waals surface area (Å²) >= 11 is 10.2. The number of piperazine rings is 1. The zero-order valence-electron chi connectivity index (χ0n) is 22.1. The van der Waals surface area contributed by atoms with E-state index >= 15 is 0 Å². The maximum absolute atomic E-state index is 13.0. The number of piperidine rings is 1. The standard InChI is InChI=1S/C30H41BrClN3O/c1-4-21(2)17-26(31)19-24-5-6-25-20-27(32)7-8-28(25)30(22(24)3)35-15-13-34(14-16-35)29(36)18-23-9-11-33-12-10-23/h7-8,17,19-20,23,30,33H,4-6,9-16,18H2,1-3H3/b21-17+,26-19+. The molecule has 2 saturated heterocycles. The SMILES string of the molecule is CC/C(C)=C/C(Br)=C\C1=C(C)C(N2CCN(C(=O)CC3CCNCC3)CC2)c2ccc(Cl)cc2CC1. The Labute approximate surface area is 231 Å². The van der Waals surface area contributed by atoms with Crippen molar-refractivity contribution in [3.63, 3.8) is 0 Å². The summed E-state index contributed by atoms with van der Waals surface area (Å²) in [5.74, 6) is 0.881. The second kappa shape index (κ2) is 12.9. The first-order chi connectivity index (χ1) is 17.4. The highest BCUT2D eigenvalue weighted by Gasteiger charge is 2.32. The molecule has 0 radical (unpaired) electrons. The summed E-state index contributed by atoms with van der Waals surface area (Å²) < 4.78 is 1.13. The number of nitrogens with zero attached hydrogens (tertiary/aromatic N) is 2. The summed E-state index contributed by atoms with van der Waals surface area (Å²) in [6.07, 6.45) is 10.5. The first kappa shape index (κ1) is 27.6. The van der Waals surface area contributed by atoms with E-state index in [2.05, 4.69) is 76.1 Å². The number of rotatable bonds is 6. The van der Waals surface area contributed by atoms with E-state index in [0.717, 1.165) is 80.9 Å². The summed E-state index contributed by atoms with van der Waals surface area (Å²) in [6, 6.07) is 6.62. The van der Waals surface area contributed by atoms with E-state index in [9.17, 15) is 4.79 Å². The number of nitrogens with one attached hydrogen (secondary N) is 1. The molecule has 0 aromatic heterocycles. The van der Waals surface area contributed by atoms with E-state index in [1.807, 2.05) is 6.07 Å². The molecular formula is C30H41BrClN3O. The van der Waals surface area contributed by atoms with E-state index in [-0.39, 0.29) is 6.04 Å². The van der Waals surface area contributed by atoms with Crippen LogP contribution in [0.15, 0.2) is 51.6 Å². The van der Waals surface area contributed by atoms with Crippen LogP contribution in [0, 0.1) is 5.92 Å². The maximum atomic E-state index is 13.0. The normalized spacial score (nSPS) is 23.0. The lowest BCUT2D eigenvalue weighted by Crippen LogP contribution is -2.50. The van der Waals surface area contributed by atoms with Crippen molar-refractivity contribution in [3.8, 4) is 0 Å². The summed E-state index contributed by atoms with van der Waals surface area (Å²) in [6.45, 7) is 12.2. The molecule has 1 atom stereocenters. The van der Waals surface area contributed by atoms with Crippen molar-refractivity contribution in [3.05, 3.63) is 67.7 Å². The largest absolute Gasteiger partial charge is 0.340 e.